The van der Waals surface area contributed by atoms with Gasteiger partial charge in [0, 0.05) is 18.0 Å². The van der Waals surface area contributed by atoms with Crippen molar-refractivity contribution in [3.8, 4) is 5.75 Å². The third-order valence-corrected chi connectivity index (χ3v) is 3.98. The maximum Gasteiger partial charge on any atom is 0.255 e. The number of aromatic hydroxyl groups is 1. The molecule has 0 aliphatic heterocycles. The van der Waals surface area contributed by atoms with E-state index in [0.717, 1.165) is 18.2 Å². The minimum absolute atomic E-state index is 0.0475. The van der Waals surface area contributed by atoms with Crippen LogP contribution in [0.5, 0.6) is 5.75 Å². The smallest absolute Gasteiger partial charge is 0.255 e. The Bertz CT molecular complexity index is 662. The number of rotatable bonds is 4. The fourth-order valence-electron chi connectivity index (χ4n) is 2.76. The van der Waals surface area contributed by atoms with Crippen LogP contribution in [0.3, 0.4) is 0 Å². The molecule has 0 aromatic heterocycles. The van der Waals surface area contributed by atoms with Gasteiger partial charge in [0.25, 0.3) is 5.91 Å². The van der Waals surface area contributed by atoms with Gasteiger partial charge in [0.1, 0.15) is 5.75 Å². The number of nitrogens with one attached hydrogen (secondary N) is 1. The second-order valence-corrected chi connectivity index (χ2v) is 5.40. The molecule has 2 N–H and O–H groups in total. The van der Waals surface area contributed by atoms with E-state index in [-0.39, 0.29) is 23.8 Å². The maximum atomic E-state index is 12.3. The van der Waals surface area contributed by atoms with Crippen molar-refractivity contribution in [2.75, 3.05) is 6.61 Å². The summed E-state index contributed by atoms with van der Waals surface area (Å²) < 4.78 is 5.48. The third kappa shape index (κ3) is 2.72. The maximum absolute atomic E-state index is 12.3. The van der Waals surface area contributed by atoms with E-state index in [1.165, 1.54) is 0 Å². The van der Waals surface area contributed by atoms with Gasteiger partial charge in [0.2, 0.25) is 0 Å². The number of carbonyl (C=O) groups is 1. The zero-order valence-corrected chi connectivity index (χ0v) is 12.0. The van der Waals surface area contributed by atoms with E-state index in [2.05, 4.69) is 5.32 Å². The topological polar surface area (TPSA) is 58.6 Å². The molecule has 1 amide bonds. The summed E-state index contributed by atoms with van der Waals surface area (Å²) in [7, 11) is 0. The van der Waals surface area contributed by atoms with Crippen LogP contribution in [0.2, 0.25) is 0 Å². The molecule has 1 aliphatic carbocycles. The molecule has 4 heteroatoms. The Morgan fingerprint density at radius 3 is 2.81 bits per heavy atom. The van der Waals surface area contributed by atoms with E-state index in [1.54, 1.807) is 6.07 Å². The first-order valence-electron chi connectivity index (χ1n) is 7.32. The average Bonchev–Trinajstić information content (AvgIpc) is 2.45. The minimum Gasteiger partial charge on any atom is -0.506 e. The summed E-state index contributed by atoms with van der Waals surface area (Å²) in [6, 6.07) is 11.1. The number of hydrogen-bond acceptors (Lipinski definition) is 3. The van der Waals surface area contributed by atoms with E-state index in [0.29, 0.717) is 17.6 Å². The van der Waals surface area contributed by atoms with Crippen LogP contribution in [-0.2, 0) is 4.74 Å². The first-order chi connectivity index (χ1) is 10.2. The molecule has 0 saturated heterocycles. The number of amides is 1. The molecule has 1 aliphatic rings. The quantitative estimate of drug-likeness (QED) is 0.908. The van der Waals surface area contributed by atoms with Crippen molar-refractivity contribution in [1.82, 2.24) is 5.32 Å². The van der Waals surface area contributed by atoms with E-state index in [4.69, 9.17) is 4.74 Å². The number of ether oxygens (including phenoxy) is 1. The first kappa shape index (κ1) is 13.9. The normalized spacial score (nSPS) is 21.0. The van der Waals surface area contributed by atoms with Crippen molar-refractivity contribution in [3.05, 3.63) is 42.0 Å². The Morgan fingerprint density at radius 1 is 1.29 bits per heavy atom. The molecule has 0 radical (unpaired) electrons. The zero-order chi connectivity index (χ0) is 14.8. The first-order valence-corrected chi connectivity index (χ1v) is 7.32. The van der Waals surface area contributed by atoms with Crippen LogP contribution >= 0.6 is 0 Å². The molecular weight excluding hydrogens is 266 g/mol. The standard InChI is InChI=1S/C17H19NO3/c1-2-21-13-9-12(10-13)18-17(20)15-8-7-11-5-3-4-6-14(11)16(15)19/h3-8,12-13,19H,2,9-10H2,1H3,(H,18,20). The molecule has 0 atom stereocenters. The number of phenols is 1. The highest BCUT2D eigenvalue weighted by Crippen LogP contribution is 2.29. The zero-order valence-electron chi connectivity index (χ0n) is 12.0. The second kappa shape index (κ2) is 5.74. The largest absolute Gasteiger partial charge is 0.506 e. The summed E-state index contributed by atoms with van der Waals surface area (Å²) in [4.78, 5) is 12.3. The van der Waals surface area contributed by atoms with Crippen molar-refractivity contribution >= 4 is 16.7 Å². The van der Waals surface area contributed by atoms with E-state index in [1.807, 2.05) is 37.3 Å². The molecule has 1 saturated carbocycles. The van der Waals surface area contributed by atoms with Gasteiger partial charge in [-0.3, -0.25) is 4.79 Å². The molecule has 2 aromatic rings. The van der Waals surface area contributed by atoms with Gasteiger partial charge in [0.15, 0.2) is 0 Å². The Morgan fingerprint density at radius 2 is 2.05 bits per heavy atom. The van der Waals surface area contributed by atoms with Gasteiger partial charge in [0.05, 0.1) is 11.7 Å². The summed E-state index contributed by atoms with van der Waals surface area (Å²) in [5.74, 6) is -0.176. The lowest BCUT2D eigenvalue weighted by molar-refractivity contribution is -0.00863. The van der Waals surface area contributed by atoms with E-state index in [9.17, 15) is 9.90 Å². The molecule has 0 bridgehead atoms. The van der Waals surface area contributed by atoms with Crippen LogP contribution in [0.25, 0.3) is 10.8 Å². The summed E-state index contributed by atoms with van der Waals surface area (Å²) in [6.07, 6.45) is 1.94. The van der Waals surface area contributed by atoms with Crippen LogP contribution < -0.4 is 5.32 Å². The number of hydrogen-bond donors (Lipinski definition) is 2. The summed E-state index contributed by atoms with van der Waals surface area (Å²) in [5, 5.41) is 14.8. The summed E-state index contributed by atoms with van der Waals surface area (Å²) >= 11 is 0. The van der Waals surface area contributed by atoms with E-state index >= 15 is 0 Å². The highest BCUT2D eigenvalue weighted by atomic mass is 16.5. The van der Waals surface area contributed by atoms with Gasteiger partial charge in [-0.1, -0.05) is 30.3 Å². The second-order valence-electron chi connectivity index (χ2n) is 5.40. The Kier molecular flexibility index (Phi) is 3.80. The lowest BCUT2D eigenvalue weighted by atomic mass is 9.89. The molecule has 0 heterocycles. The summed E-state index contributed by atoms with van der Waals surface area (Å²) in [6.45, 7) is 2.68. The fraction of sp³-hybridized carbons (Fsp3) is 0.353. The minimum atomic E-state index is -0.224. The molecule has 1 fully saturated rings. The number of carbonyl (C=O) groups excluding carboxylic acids is 1. The summed E-state index contributed by atoms with van der Waals surface area (Å²) in [5.41, 5.74) is 0.327. The SMILES string of the molecule is CCOC1CC(NC(=O)c2ccc3ccccc3c2O)C1. The fourth-order valence-corrected chi connectivity index (χ4v) is 2.76. The monoisotopic (exact) mass is 285 g/mol. The van der Waals surface area contributed by atoms with Gasteiger partial charge in [-0.15, -0.1) is 0 Å². The molecular formula is C17H19NO3. The lowest BCUT2D eigenvalue weighted by Crippen LogP contribution is -2.47. The van der Waals surface area contributed by atoms with Crippen LogP contribution in [0.4, 0.5) is 0 Å². The molecule has 0 unspecified atom stereocenters. The van der Waals surface area contributed by atoms with Crippen molar-refractivity contribution in [2.24, 2.45) is 0 Å². The van der Waals surface area contributed by atoms with E-state index < -0.39 is 0 Å². The van der Waals surface area contributed by atoms with Crippen LogP contribution in [-0.4, -0.2) is 29.8 Å². The predicted molar refractivity (Wildman–Crippen MR) is 81.5 cm³/mol. The van der Waals surface area contributed by atoms with Gasteiger partial charge in [-0.2, -0.15) is 0 Å². The number of phenolic OH excluding ortho intramolecular Hbond substituents is 1. The molecule has 21 heavy (non-hydrogen) atoms. The van der Waals surface area contributed by atoms with Crippen molar-refractivity contribution in [3.63, 3.8) is 0 Å². The predicted octanol–water partition coefficient (Wildman–Crippen LogP) is 2.84. The molecule has 3 rings (SSSR count). The molecule has 4 nitrogen and oxygen atoms in total. The van der Waals surface area contributed by atoms with Gasteiger partial charge < -0.3 is 15.2 Å². The van der Waals surface area contributed by atoms with Crippen molar-refractivity contribution < 1.29 is 14.6 Å². The number of benzene rings is 2. The van der Waals surface area contributed by atoms with Crippen molar-refractivity contribution in [2.45, 2.75) is 31.9 Å². The highest BCUT2D eigenvalue weighted by molar-refractivity contribution is 6.03. The highest BCUT2D eigenvalue weighted by Gasteiger charge is 2.31. The average molecular weight is 285 g/mol. The molecule has 110 valence electrons. The van der Waals surface area contributed by atoms with Crippen LogP contribution in [0, 0.1) is 0 Å². The van der Waals surface area contributed by atoms with Gasteiger partial charge >= 0.3 is 0 Å². The van der Waals surface area contributed by atoms with Gasteiger partial charge in [-0.05, 0) is 31.2 Å². The van der Waals surface area contributed by atoms with Crippen LogP contribution in [0.1, 0.15) is 30.1 Å². The third-order valence-electron chi connectivity index (χ3n) is 3.98. The Labute approximate surface area is 123 Å². The Balaban J connectivity index is 1.72. The van der Waals surface area contributed by atoms with Gasteiger partial charge in [-0.25, -0.2) is 0 Å². The number of fused-ring (bicyclic) bond motifs is 1. The van der Waals surface area contributed by atoms with Crippen LogP contribution in [0.15, 0.2) is 36.4 Å². The van der Waals surface area contributed by atoms with Crippen molar-refractivity contribution in [1.29, 1.82) is 0 Å². The molecule has 2 aromatic carbocycles. The molecule has 0 spiro atoms. The lowest BCUT2D eigenvalue weighted by Gasteiger charge is -2.35. The Hall–Kier alpha value is -2.07.